The van der Waals surface area contributed by atoms with Crippen LogP contribution in [0.25, 0.3) is 0 Å². The molecule has 17 heavy (non-hydrogen) atoms. The van der Waals surface area contributed by atoms with Crippen LogP contribution in [0.15, 0.2) is 0 Å². The van der Waals surface area contributed by atoms with Crippen molar-refractivity contribution in [1.82, 2.24) is 15.1 Å². The number of hydrogen-bond acceptors (Lipinski definition) is 3. The predicted octanol–water partition coefficient (Wildman–Crippen LogP) is 1.65. The number of nitrogens with one attached hydrogen (secondary N) is 1. The lowest BCUT2D eigenvalue weighted by Crippen LogP contribution is -2.46. The first-order valence-corrected chi connectivity index (χ1v) is 7.13. The van der Waals surface area contributed by atoms with Crippen molar-refractivity contribution in [1.29, 1.82) is 0 Å². The van der Waals surface area contributed by atoms with E-state index in [1.165, 1.54) is 58.5 Å². The van der Waals surface area contributed by atoms with Crippen molar-refractivity contribution >= 4 is 0 Å². The van der Waals surface area contributed by atoms with Gasteiger partial charge in [0.2, 0.25) is 0 Å². The molecule has 1 fully saturated rings. The summed E-state index contributed by atoms with van der Waals surface area (Å²) in [7, 11) is 4.31. The summed E-state index contributed by atoms with van der Waals surface area (Å²) < 4.78 is 0. The number of piperidine rings is 1. The Morgan fingerprint density at radius 1 is 1.24 bits per heavy atom. The largest absolute Gasteiger partial charge is 0.316 e. The zero-order chi connectivity index (χ0) is 12.7. The second-order valence-corrected chi connectivity index (χ2v) is 6.12. The Morgan fingerprint density at radius 3 is 2.53 bits per heavy atom. The zero-order valence-corrected chi connectivity index (χ0v) is 12.3. The van der Waals surface area contributed by atoms with Gasteiger partial charge in [-0.3, -0.25) is 0 Å². The van der Waals surface area contributed by atoms with Crippen LogP contribution in [0.5, 0.6) is 0 Å². The minimum Gasteiger partial charge on any atom is -0.316 e. The van der Waals surface area contributed by atoms with E-state index >= 15 is 0 Å². The molecule has 0 aromatic rings. The van der Waals surface area contributed by atoms with Gasteiger partial charge < -0.3 is 15.1 Å². The fourth-order valence-corrected chi connectivity index (χ4v) is 2.75. The third kappa shape index (κ3) is 5.84. The minimum atomic E-state index is 0.492. The highest BCUT2D eigenvalue weighted by atomic mass is 15.1. The summed E-state index contributed by atoms with van der Waals surface area (Å²) in [6, 6.07) is 0. The fourth-order valence-electron chi connectivity index (χ4n) is 2.75. The molecule has 0 spiro atoms. The topological polar surface area (TPSA) is 18.5 Å². The summed E-state index contributed by atoms with van der Waals surface area (Å²) in [6.07, 6.45) is 4.00. The third-order valence-corrected chi connectivity index (χ3v) is 3.82. The van der Waals surface area contributed by atoms with Crippen LogP contribution >= 0.6 is 0 Å². The molecule has 3 nitrogen and oxygen atoms in total. The van der Waals surface area contributed by atoms with Gasteiger partial charge in [-0.15, -0.1) is 0 Å². The van der Waals surface area contributed by atoms with E-state index in [2.05, 4.69) is 43.1 Å². The highest BCUT2D eigenvalue weighted by molar-refractivity contribution is 4.84. The van der Waals surface area contributed by atoms with E-state index < -0.39 is 0 Å². The second-order valence-electron chi connectivity index (χ2n) is 6.12. The van der Waals surface area contributed by atoms with Crippen molar-refractivity contribution in [2.45, 2.75) is 33.1 Å². The summed E-state index contributed by atoms with van der Waals surface area (Å²) in [6.45, 7) is 12.0. The summed E-state index contributed by atoms with van der Waals surface area (Å²) in [4.78, 5) is 4.90. The first kappa shape index (κ1) is 14.9. The van der Waals surface area contributed by atoms with Crippen molar-refractivity contribution in [3.8, 4) is 0 Å². The molecule has 1 aliphatic heterocycles. The molecule has 1 saturated heterocycles. The van der Waals surface area contributed by atoms with E-state index in [4.69, 9.17) is 0 Å². The zero-order valence-electron chi connectivity index (χ0n) is 12.3. The standard InChI is InChI=1S/C14H31N3/c1-5-17(11-7-10-16(3)4)13-14(2)8-6-9-15-12-14/h15H,5-13H2,1-4H3. The van der Waals surface area contributed by atoms with Gasteiger partial charge in [0.25, 0.3) is 0 Å². The molecular formula is C14H31N3. The summed E-state index contributed by atoms with van der Waals surface area (Å²) in [5, 5.41) is 3.54. The van der Waals surface area contributed by atoms with Crippen LogP contribution in [0.2, 0.25) is 0 Å². The average molecular weight is 241 g/mol. The molecule has 0 radical (unpaired) electrons. The van der Waals surface area contributed by atoms with Gasteiger partial charge in [0, 0.05) is 13.1 Å². The van der Waals surface area contributed by atoms with Crippen molar-refractivity contribution in [3.63, 3.8) is 0 Å². The number of hydrogen-bond donors (Lipinski definition) is 1. The summed E-state index contributed by atoms with van der Waals surface area (Å²) >= 11 is 0. The minimum absolute atomic E-state index is 0.492. The van der Waals surface area contributed by atoms with Gasteiger partial charge in [0.05, 0.1) is 0 Å². The van der Waals surface area contributed by atoms with Gasteiger partial charge in [-0.05, 0) is 65.0 Å². The normalized spacial score (nSPS) is 25.8. The van der Waals surface area contributed by atoms with Gasteiger partial charge in [-0.2, -0.15) is 0 Å². The first-order valence-electron chi connectivity index (χ1n) is 7.13. The van der Waals surface area contributed by atoms with Crippen LogP contribution in [0.1, 0.15) is 33.1 Å². The van der Waals surface area contributed by atoms with E-state index in [0.717, 1.165) is 0 Å². The van der Waals surface area contributed by atoms with Crippen LogP contribution in [-0.4, -0.2) is 63.2 Å². The van der Waals surface area contributed by atoms with Gasteiger partial charge in [-0.25, -0.2) is 0 Å². The molecule has 3 heteroatoms. The van der Waals surface area contributed by atoms with Crippen molar-refractivity contribution in [2.75, 3.05) is 53.4 Å². The van der Waals surface area contributed by atoms with E-state index in [-0.39, 0.29) is 0 Å². The molecule has 0 saturated carbocycles. The highest BCUT2D eigenvalue weighted by Gasteiger charge is 2.28. The van der Waals surface area contributed by atoms with Gasteiger partial charge in [-0.1, -0.05) is 13.8 Å². The molecule has 0 amide bonds. The molecule has 1 N–H and O–H groups in total. The molecule has 1 aliphatic rings. The Morgan fingerprint density at radius 2 is 2.00 bits per heavy atom. The predicted molar refractivity (Wildman–Crippen MR) is 75.5 cm³/mol. The number of rotatable bonds is 7. The Kier molecular flexibility index (Phi) is 6.45. The maximum atomic E-state index is 3.54. The lowest BCUT2D eigenvalue weighted by molar-refractivity contribution is 0.134. The smallest absolute Gasteiger partial charge is 0.00474 e. The fraction of sp³-hybridized carbons (Fsp3) is 1.00. The SMILES string of the molecule is CCN(CCCN(C)C)CC1(C)CCCNC1. The second kappa shape index (κ2) is 7.34. The monoisotopic (exact) mass is 241 g/mol. The Bertz CT molecular complexity index is 198. The van der Waals surface area contributed by atoms with Crippen molar-refractivity contribution in [2.24, 2.45) is 5.41 Å². The van der Waals surface area contributed by atoms with E-state index in [0.29, 0.717) is 5.41 Å². The van der Waals surface area contributed by atoms with E-state index in [9.17, 15) is 0 Å². The molecule has 1 atom stereocenters. The lowest BCUT2D eigenvalue weighted by atomic mass is 9.82. The average Bonchev–Trinajstić information content (AvgIpc) is 2.28. The van der Waals surface area contributed by atoms with Crippen molar-refractivity contribution in [3.05, 3.63) is 0 Å². The van der Waals surface area contributed by atoms with Crippen LogP contribution < -0.4 is 5.32 Å². The first-order chi connectivity index (χ1) is 8.06. The van der Waals surface area contributed by atoms with Crippen LogP contribution in [0.3, 0.4) is 0 Å². The number of nitrogens with zero attached hydrogens (tertiary/aromatic N) is 2. The van der Waals surface area contributed by atoms with E-state index in [1.807, 2.05) is 0 Å². The molecule has 1 unspecified atom stereocenters. The molecular weight excluding hydrogens is 210 g/mol. The molecule has 102 valence electrons. The molecule has 0 aliphatic carbocycles. The van der Waals surface area contributed by atoms with Crippen molar-refractivity contribution < 1.29 is 0 Å². The molecule has 0 aromatic heterocycles. The van der Waals surface area contributed by atoms with Crippen LogP contribution in [0, 0.1) is 5.41 Å². The van der Waals surface area contributed by atoms with Crippen LogP contribution in [-0.2, 0) is 0 Å². The maximum Gasteiger partial charge on any atom is 0.00474 e. The van der Waals surface area contributed by atoms with E-state index in [1.54, 1.807) is 0 Å². The molecule has 1 rings (SSSR count). The molecule has 0 bridgehead atoms. The Labute approximate surface area is 108 Å². The molecule has 0 aromatic carbocycles. The van der Waals surface area contributed by atoms with Gasteiger partial charge >= 0.3 is 0 Å². The Balaban J connectivity index is 2.29. The molecule has 1 heterocycles. The maximum absolute atomic E-state index is 3.54. The van der Waals surface area contributed by atoms with Gasteiger partial charge in [0.1, 0.15) is 0 Å². The van der Waals surface area contributed by atoms with Gasteiger partial charge in [0.15, 0.2) is 0 Å². The lowest BCUT2D eigenvalue weighted by Gasteiger charge is -2.38. The summed E-state index contributed by atoms with van der Waals surface area (Å²) in [5.41, 5.74) is 0.492. The van der Waals surface area contributed by atoms with Crippen LogP contribution in [0.4, 0.5) is 0 Å². The highest BCUT2D eigenvalue weighted by Crippen LogP contribution is 2.26. The summed E-state index contributed by atoms with van der Waals surface area (Å²) in [5.74, 6) is 0. The quantitative estimate of drug-likeness (QED) is 0.731. The third-order valence-electron chi connectivity index (χ3n) is 3.82. The Hall–Kier alpha value is -0.120.